The molecule has 0 bridgehead atoms. The van der Waals surface area contributed by atoms with Crippen LogP contribution in [0.15, 0.2) is 24.3 Å². The van der Waals surface area contributed by atoms with E-state index in [1.54, 1.807) is 12.2 Å². The van der Waals surface area contributed by atoms with Gasteiger partial charge in [0.15, 0.2) is 0 Å². The van der Waals surface area contributed by atoms with Crippen LogP contribution in [0.3, 0.4) is 0 Å². The lowest BCUT2D eigenvalue weighted by molar-refractivity contribution is -0.147. The van der Waals surface area contributed by atoms with Crippen molar-refractivity contribution in [2.75, 3.05) is 13.2 Å². The fraction of sp³-hybridized carbons (Fsp3) is 0.739. The highest BCUT2D eigenvalue weighted by Gasteiger charge is 2.39. The maximum absolute atomic E-state index is 12.2. The Bertz CT molecular complexity index is 558. The molecule has 0 aromatic carbocycles. The van der Waals surface area contributed by atoms with Crippen LogP contribution in [0.1, 0.15) is 64.7 Å². The topological polar surface area (TPSA) is 124 Å². The summed E-state index contributed by atoms with van der Waals surface area (Å²) < 4.78 is 4.83. The van der Waals surface area contributed by atoms with E-state index in [-0.39, 0.29) is 37.1 Å². The van der Waals surface area contributed by atoms with E-state index in [2.05, 4.69) is 6.92 Å². The van der Waals surface area contributed by atoms with E-state index in [4.69, 9.17) is 14.9 Å². The summed E-state index contributed by atoms with van der Waals surface area (Å²) in [7, 11) is 0. The number of Topliss-reactive ketones (excluding diaryl/α,β-unsaturated/α-hetero) is 1. The van der Waals surface area contributed by atoms with Crippen LogP contribution in [0.5, 0.6) is 0 Å². The van der Waals surface area contributed by atoms with Gasteiger partial charge in [-0.25, -0.2) is 0 Å². The number of aliphatic hydroxyl groups excluding tert-OH is 4. The molecule has 0 saturated heterocycles. The van der Waals surface area contributed by atoms with E-state index < -0.39 is 30.9 Å². The first kappa shape index (κ1) is 26.5. The molecule has 1 rings (SSSR count). The first-order valence-electron chi connectivity index (χ1n) is 11.1. The van der Waals surface area contributed by atoms with Crippen molar-refractivity contribution >= 4 is 11.8 Å². The summed E-state index contributed by atoms with van der Waals surface area (Å²) in [5.74, 6) is -0.989. The molecule has 7 nitrogen and oxygen atoms in total. The van der Waals surface area contributed by atoms with Crippen molar-refractivity contribution in [1.29, 1.82) is 0 Å². The predicted molar refractivity (Wildman–Crippen MR) is 114 cm³/mol. The number of unbranched alkanes of at least 4 members (excludes halogenated alkanes) is 3. The monoisotopic (exact) mass is 426 g/mol. The Hall–Kier alpha value is -1.54. The summed E-state index contributed by atoms with van der Waals surface area (Å²) >= 11 is 0. The average molecular weight is 427 g/mol. The van der Waals surface area contributed by atoms with Gasteiger partial charge in [-0.15, -0.1) is 0 Å². The van der Waals surface area contributed by atoms with Crippen LogP contribution in [0.2, 0.25) is 0 Å². The van der Waals surface area contributed by atoms with Gasteiger partial charge in [0.2, 0.25) is 0 Å². The second-order valence-corrected chi connectivity index (χ2v) is 7.99. The molecule has 1 saturated carbocycles. The van der Waals surface area contributed by atoms with E-state index in [1.807, 2.05) is 12.2 Å². The number of rotatable bonds is 15. The van der Waals surface area contributed by atoms with E-state index in [0.29, 0.717) is 25.7 Å². The Kier molecular flexibility index (Phi) is 13.5. The summed E-state index contributed by atoms with van der Waals surface area (Å²) in [6.07, 6.45) is 11.0. The maximum Gasteiger partial charge on any atom is 0.305 e. The predicted octanol–water partition coefficient (Wildman–Crippen LogP) is 2.06. The Balaban J connectivity index is 2.37. The average Bonchev–Trinajstić information content (AvgIpc) is 2.99. The number of hydrogen-bond donors (Lipinski definition) is 4. The fourth-order valence-corrected chi connectivity index (χ4v) is 3.52. The highest BCUT2D eigenvalue weighted by Crippen LogP contribution is 2.33. The van der Waals surface area contributed by atoms with Gasteiger partial charge in [-0.1, -0.05) is 50.5 Å². The van der Waals surface area contributed by atoms with Crippen LogP contribution in [0, 0.1) is 11.8 Å². The fourth-order valence-electron chi connectivity index (χ4n) is 3.52. The van der Waals surface area contributed by atoms with E-state index in [0.717, 1.165) is 19.3 Å². The molecular formula is C23H38O7. The van der Waals surface area contributed by atoms with E-state index in [1.165, 1.54) is 0 Å². The smallest absolute Gasteiger partial charge is 0.305 e. The summed E-state index contributed by atoms with van der Waals surface area (Å²) in [5, 5.41) is 38.0. The van der Waals surface area contributed by atoms with Crippen LogP contribution in [0.25, 0.3) is 0 Å². The minimum atomic E-state index is -1.05. The van der Waals surface area contributed by atoms with Gasteiger partial charge in [-0.05, 0) is 25.7 Å². The van der Waals surface area contributed by atoms with Crippen LogP contribution >= 0.6 is 0 Å². The van der Waals surface area contributed by atoms with Crippen molar-refractivity contribution in [3.63, 3.8) is 0 Å². The van der Waals surface area contributed by atoms with Crippen molar-refractivity contribution in [3.8, 4) is 0 Å². The summed E-state index contributed by atoms with van der Waals surface area (Å²) in [4.78, 5) is 23.7. The zero-order valence-corrected chi connectivity index (χ0v) is 18.0. The highest BCUT2D eigenvalue weighted by atomic mass is 16.5. The number of esters is 1. The van der Waals surface area contributed by atoms with E-state index >= 15 is 0 Å². The van der Waals surface area contributed by atoms with E-state index in [9.17, 15) is 19.8 Å². The Morgan fingerprint density at radius 2 is 2.00 bits per heavy atom. The van der Waals surface area contributed by atoms with Gasteiger partial charge >= 0.3 is 5.97 Å². The zero-order valence-electron chi connectivity index (χ0n) is 18.0. The minimum Gasteiger partial charge on any atom is -0.463 e. The SMILES string of the molecule is CCCCCC(O)/C=C/[C@H]1C(=O)CC(O)C1CC=CCCCC(=O)OCC(O)CO. The third-order valence-electron chi connectivity index (χ3n) is 5.36. The largest absolute Gasteiger partial charge is 0.463 e. The van der Waals surface area contributed by atoms with Crippen molar-refractivity contribution in [1.82, 2.24) is 0 Å². The molecule has 0 spiro atoms. The molecule has 7 heteroatoms. The molecule has 0 heterocycles. The van der Waals surface area contributed by atoms with Crippen molar-refractivity contribution in [2.45, 2.75) is 83.0 Å². The van der Waals surface area contributed by atoms with Crippen molar-refractivity contribution < 1.29 is 34.8 Å². The molecule has 0 aliphatic heterocycles. The normalized spacial score (nSPS) is 24.0. The number of carbonyl (C=O) groups excluding carboxylic acids is 2. The van der Waals surface area contributed by atoms with Crippen molar-refractivity contribution in [2.24, 2.45) is 11.8 Å². The Morgan fingerprint density at radius 1 is 1.23 bits per heavy atom. The lowest BCUT2D eigenvalue weighted by Gasteiger charge is -2.17. The summed E-state index contributed by atoms with van der Waals surface area (Å²) in [6.45, 7) is 1.45. The second kappa shape index (κ2) is 15.3. The number of aliphatic hydroxyl groups is 4. The molecule has 0 amide bonds. The Labute approximate surface area is 179 Å². The lowest BCUT2D eigenvalue weighted by atomic mass is 9.90. The molecule has 1 aliphatic rings. The molecular weight excluding hydrogens is 388 g/mol. The molecule has 172 valence electrons. The molecule has 0 aromatic heterocycles. The number of allylic oxidation sites excluding steroid dienone is 3. The zero-order chi connectivity index (χ0) is 22.4. The highest BCUT2D eigenvalue weighted by molar-refractivity contribution is 5.86. The summed E-state index contributed by atoms with van der Waals surface area (Å²) in [5.41, 5.74) is 0. The first-order chi connectivity index (χ1) is 14.4. The van der Waals surface area contributed by atoms with Crippen molar-refractivity contribution in [3.05, 3.63) is 24.3 Å². The molecule has 0 radical (unpaired) electrons. The third kappa shape index (κ3) is 10.5. The van der Waals surface area contributed by atoms with Gasteiger partial charge in [0.1, 0.15) is 18.5 Å². The minimum absolute atomic E-state index is 0.00530. The van der Waals surface area contributed by atoms with Gasteiger partial charge in [-0.3, -0.25) is 9.59 Å². The lowest BCUT2D eigenvalue weighted by Crippen LogP contribution is -2.21. The molecule has 0 aromatic rings. The number of ether oxygens (including phenoxy) is 1. The quantitative estimate of drug-likeness (QED) is 0.179. The third-order valence-corrected chi connectivity index (χ3v) is 5.36. The number of hydrogen-bond acceptors (Lipinski definition) is 7. The molecule has 1 aliphatic carbocycles. The molecule has 4 N–H and O–H groups in total. The standard InChI is InChI=1S/C23H38O7/c1-2-3-6-9-17(25)12-13-20-19(21(27)14-22(20)28)10-7-4-5-8-11-23(29)30-16-18(26)15-24/h4,7,12-13,17-21,24-27H,2-3,5-6,8-11,14-16H2,1H3/b7-4?,13-12+/t17?,18?,19?,20-,21?/m1/s1. The molecule has 5 atom stereocenters. The van der Waals surface area contributed by atoms with Crippen LogP contribution in [-0.2, 0) is 14.3 Å². The van der Waals surface area contributed by atoms with Crippen LogP contribution in [0.4, 0.5) is 0 Å². The molecule has 4 unspecified atom stereocenters. The number of carbonyl (C=O) groups is 2. The van der Waals surface area contributed by atoms with Gasteiger partial charge in [0.25, 0.3) is 0 Å². The van der Waals surface area contributed by atoms with Gasteiger partial charge in [0, 0.05) is 24.7 Å². The molecule has 30 heavy (non-hydrogen) atoms. The van der Waals surface area contributed by atoms with Crippen LogP contribution in [-0.4, -0.2) is 63.7 Å². The van der Waals surface area contributed by atoms with Gasteiger partial charge in [-0.2, -0.15) is 0 Å². The Morgan fingerprint density at radius 3 is 2.70 bits per heavy atom. The van der Waals surface area contributed by atoms with Gasteiger partial charge < -0.3 is 25.2 Å². The molecule has 1 fully saturated rings. The number of ketones is 1. The van der Waals surface area contributed by atoms with Crippen LogP contribution < -0.4 is 0 Å². The second-order valence-electron chi connectivity index (χ2n) is 7.99. The first-order valence-corrected chi connectivity index (χ1v) is 11.1. The van der Waals surface area contributed by atoms with Gasteiger partial charge in [0.05, 0.1) is 18.8 Å². The summed E-state index contributed by atoms with van der Waals surface area (Å²) in [6, 6.07) is 0. The maximum atomic E-state index is 12.2.